The van der Waals surface area contributed by atoms with Crippen molar-refractivity contribution in [1.29, 1.82) is 0 Å². The molecule has 0 atom stereocenters. The SMILES string of the molecule is CCCCOc1ncccc1CN=C(NCC)NCc1cccs1.I. The van der Waals surface area contributed by atoms with Crippen molar-refractivity contribution in [3.63, 3.8) is 0 Å². The zero-order chi connectivity index (χ0) is 17.0. The number of hydrogen-bond donors (Lipinski definition) is 2. The van der Waals surface area contributed by atoms with Gasteiger partial charge in [0, 0.05) is 23.2 Å². The summed E-state index contributed by atoms with van der Waals surface area (Å²) in [6.45, 7) is 7.04. The maximum Gasteiger partial charge on any atom is 0.218 e. The van der Waals surface area contributed by atoms with Crippen LogP contribution < -0.4 is 15.4 Å². The van der Waals surface area contributed by atoms with Gasteiger partial charge in [-0.1, -0.05) is 25.5 Å². The molecule has 0 saturated heterocycles. The van der Waals surface area contributed by atoms with Crippen molar-refractivity contribution in [3.05, 3.63) is 46.3 Å². The zero-order valence-electron chi connectivity index (χ0n) is 14.8. The Bertz CT molecular complexity index is 619. The van der Waals surface area contributed by atoms with Gasteiger partial charge in [0.05, 0.1) is 19.7 Å². The van der Waals surface area contributed by atoms with Crippen LogP contribution in [-0.4, -0.2) is 24.1 Å². The molecule has 0 bridgehead atoms. The summed E-state index contributed by atoms with van der Waals surface area (Å²) < 4.78 is 5.77. The molecule has 2 heterocycles. The number of nitrogens with zero attached hydrogens (tertiary/aromatic N) is 2. The predicted octanol–water partition coefficient (Wildman–Crippen LogP) is 4.20. The third kappa shape index (κ3) is 8.04. The summed E-state index contributed by atoms with van der Waals surface area (Å²) >= 11 is 1.74. The fourth-order valence-corrected chi connectivity index (χ4v) is 2.72. The highest BCUT2D eigenvalue weighted by molar-refractivity contribution is 14.0. The summed E-state index contributed by atoms with van der Waals surface area (Å²) in [7, 11) is 0. The molecule has 0 saturated carbocycles. The molecule has 138 valence electrons. The summed E-state index contributed by atoms with van der Waals surface area (Å²) in [6.07, 6.45) is 3.90. The van der Waals surface area contributed by atoms with Crippen LogP contribution >= 0.6 is 35.3 Å². The van der Waals surface area contributed by atoms with Gasteiger partial charge in [0.2, 0.25) is 5.88 Å². The van der Waals surface area contributed by atoms with Gasteiger partial charge in [0.1, 0.15) is 0 Å². The van der Waals surface area contributed by atoms with Crippen LogP contribution in [0.1, 0.15) is 37.1 Å². The highest BCUT2D eigenvalue weighted by Gasteiger charge is 2.05. The molecule has 25 heavy (non-hydrogen) atoms. The number of ether oxygens (including phenoxy) is 1. The van der Waals surface area contributed by atoms with Crippen molar-refractivity contribution < 1.29 is 4.74 Å². The van der Waals surface area contributed by atoms with E-state index >= 15 is 0 Å². The molecule has 0 fully saturated rings. The van der Waals surface area contributed by atoms with Gasteiger partial charge in [-0.2, -0.15) is 0 Å². The second-order valence-electron chi connectivity index (χ2n) is 5.30. The smallest absolute Gasteiger partial charge is 0.218 e. The molecule has 0 amide bonds. The lowest BCUT2D eigenvalue weighted by molar-refractivity contribution is 0.294. The summed E-state index contributed by atoms with van der Waals surface area (Å²) in [5, 5.41) is 8.70. The molecule has 0 aliphatic carbocycles. The van der Waals surface area contributed by atoms with Gasteiger partial charge < -0.3 is 15.4 Å². The highest BCUT2D eigenvalue weighted by Crippen LogP contribution is 2.16. The lowest BCUT2D eigenvalue weighted by Gasteiger charge is -2.12. The van der Waals surface area contributed by atoms with Crippen molar-refractivity contribution in [2.24, 2.45) is 4.99 Å². The zero-order valence-corrected chi connectivity index (χ0v) is 18.0. The van der Waals surface area contributed by atoms with Crippen LogP contribution in [0.15, 0.2) is 40.8 Å². The van der Waals surface area contributed by atoms with Gasteiger partial charge in [-0.25, -0.2) is 9.98 Å². The Hall–Kier alpha value is -1.35. The third-order valence-corrected chi connectivity index (χ3v) is 4.22. The second kappa shape index (κ2) is 12.9. The molecule has 5 nitrogen and oxygen atoms in total. The Morgan fingerprint density at radius 1 is 1.24 bits per heavy atom. The topological polar surface area (TPSA) is 58.5 Å². The number of guanidine groups is 1. The van der Waals surface area contributed by atoms with E-state index in [9.17, 15) is 0 Å². The first kappa shape index (κ1) is 21.7. The van der Waals surface area contributed by atoms with Crippen LogP contribution in [0.3, 0.4) is 0 Å². The molecular weight excluding hydrogens is 447 g/mol. The van der Waals surface area contributed by atoms with E-state index in [0.29, 0.717) is 19.0 Å². The van der Waals surface area contributed by atoms with Gasteiger partial charge in [0.25, 0.3) is 0 Å². The lowest BCUT2D eigenvalue weighted by atomic mass is 10.2. The fraction of sp³-hybridized carbons (Fsp3) is 0.444. The number of nitrogens with one attached hydrogen (secondary N) is 2. The summed E-state index contributed by atoms with van der Waals surface area (Å²) in [6, 6.07) is 8.10. The Kier molecular flexibility index (Phi) is 11.2. The largest absolute Gasteiger partial charge is 0.477 e. The van der Waals surface area contributed by atoms with Crippen LogP contribution in [-0.2, 0) is 13.1 Å². The molecule has 7 heteroatoms. The van der Waals surface area contributed by atoms with Gasteiger partial charge in [-0.3, -0.25) is 0 Å². The van der Waals surface area contributed by atoms with Gasteiger partial charge in [-0.05, 0) is 30.9 Å². The molecule has 2 N–H and O–H groups in total. The van der Waals surface area contributed by atoms with Gasteiger partial charge >= 0.3 is 0 Å². The molecule has 2 rings (SSSR count). The van der Waals surface area contributed by atoms with Crippen LogP contribution in [0.5, 0.6) is 5.88 Å². The highest BCUT2D eigenvalue weighted by atomic mass is 127. The average molecular weight is 474 g/mol. The first-order chi connectivity index (χ1) is 11.8. The minimum absolute atomic E-state index is 0. The maximum absolute atomic E-state index is 5.77. The van der Waals surface area contributed by atoms with Crippen molar-refractivity contribution >= 4 is 41.3 Å². The number of hydrogen-bond acceptors (Lipinski definition) is 4. The quantitative estimate of drug-likeness (QED) is 0.248. The predicted molar refractivity (Wildman–Crippen MR) is 116 cm³/mol. The number of halogens is 1. The Morgan fingerprint density at radius 2 is 2.12 bits per heavy atom. The van der Waals surface area contributed by atoms with Crippen molar-refractivity contribution in [3.8, 4) is 5.88 Å². The van der Waals surface area contributed by atoms with E-state index in [1.807, 2.05) is 12.1 Å². The fourth-order valence-electron chi connectivity index (χ4n) is 2.08. The normalized spacial score (nSPS) is 10.9. The van der Waals surface area contributed by atoms with E-state index in [0.717, 1.165) is 37.5 Å². The second-order valence-corrected chi connectivity index (χ2v) is 6.33. The lowest BCUT2D eigenvalue weighted by Crippen LogP contribution is -2.36. The minimum atomic E-state index is 0. The molecule has 0 aliphatic rings. The molecular formula is C18H27IN4OS. The molecule has 0 radical (unpaired) electrons. The number of rotatable bonds is 9. The summed E-state index contributed by atoms with van der Waals surface area (Å²) in [5.74, 6) is 1.48. The van der Waals surface area contributed by atoms with Crippen molar-refractivity contribution in [1.82, 2.24) is 15.6 Å². The Balaban J connectivity index is 0.00000312. The standard InChI is InChI=1S/C18H26N4OS.HI/c1-3-5-11-23-17-15(8-6-10-20-17)13-21-18(19-4-2)22-14-16-9-7-12-24-16;/h6-10,12H,3-5,11,13-14H2,1-2H3,(H2,19,21,22);1H. The molecule has 0 aromatic carbocycles. The van der Waals surface area contributed by atoms with E-state index in [-0.39, 0.29) is 24.0 Å². The average Bonchev–Trinajstić information content (AvgIpc) is 3.12. The van der Waals surface area contributed by atoms with Gasteiger partial charge in [-0.15, -0.1) is 35.3 Å². The van der Waals surface area contributed by atoms with Gasteiger partial charge in [0.15, 0.2) is 5.96 Å². The van der Waals surface area contributed by atoms with Crippen molar-refractivity contribution in [2.45, 2.75) is 39.8 Å². The summed E-state index contributed by atoms with van der Waals surface area (Å²) in [5.41, 5.74) is 1.00. The van der Waals surface area contributed by atoms with E-state index in [1.54, 1.807) is 17.5 Å². The van der Waals surface area contributed by atoms with Crippen LogP contribution in [0.2, 0.25) is 0 Å². The van der Waals surface area contributed by atoms with E-state index in [4.69, 9.17) is 4.74 Å². The van der Waals surface area contributed by atoms with Crippen LogP contribution in [0, 0.1) is 0 Å². The number of aromatic nitrogens is 1. The van der Waals surface area contributed by atoms with E-state index < -0.39 is 0 Å². The number of thiophene rings is 1. The Morgan fingerprint density at radius 3 is 2.84 bits per heavy atom. The van der Waals surface area contributed by atoms with Crippen molar-refractivity contribution in [2.75, 3.05) is 13.2 Å². The van der Waals surface area contributed by atoms with E-state index in [1.165, 1.54) is 4.88 Å². The number of unbranched alkanes of at least 4 members (excludes halogenated alkanes) is 1. The third-order valence-electron chi connectivity index (χ3n) is 3.35. The maximum atomic E-state index is 5.77. The molecule has 0 spiro atoms. The number of pyridine rings is 1. The molecule has 2 aromatic heterocycles. The Labute approximate surface area is 171 Å². The first-order valence-electron chi connectivity index (χ1n) is 8.44. The first-order valence-corrected chi connectivity index (χ1v) is 9.32. The number of aliphatic imine (C=N–C) groups is 1. The van der Waals surface area contributed by atoms with Crippen LogP contribution in [0.25, 0.3) is 0 Å². The van der Waals surface area contributed by atoms with E-state index in [2.05, 4.69) is 52.0 Å². The molecule has 0 unspecified atom stereocenters. The monoisotopic (exact) mass is 474 g/mol. The molecule has 0 aliphatic heterocycles. The summed E-state index contributed by atoms with van der Waals surface area (Å²) in [4.78, 5) is 10.3. The minimum Gasteiger partial charge on any atom is -0.477 e. The van der Waals surface area contributed by atoms with Crippen LogP contribution in [0.4, 0.5) is 0 Å². The molecule has 2 aromatic rings.